The lowest BCUT2D eigenvalue weighted by atomic mass is 10.2. The molecule has 9 nitrogen and oxygen atoms in total. The van der Waals surface area contributed by atoms with E-state index in [0.29, 0.717) is 17.1 Å². The van der Waals surface area contributed by atoms with Crippen molar-refractivity contribution in [1.29, 1.82) is 0 Å². The molecule has 0 saturated carbocycles. The van der Waals surface area contributed by atoms with Crippen LogP contribution < -0.4 is 14.8 Å². The smallest absolute Gasteiger partial charge is 0.338 e. The second-order valence-corrected chi connectivity index (χ2v) is 9.11. The van der Waals surface area contributed by atoms with Gasteiger partial charge in [0.2, 0.25) is 16.8 Å². The SMILES string of the molecule is Cc1ccc(NC(=O)COC(=O)c2cc(Cl)c3c(c2)OCO3)cc1S(=O)(=O)N(C)C. The number of hydrogen-bond donors (Lipinski definition) is 1. The number of rotatable bonds is 6. The Morgan fingerprint density at radius 3 is 2.63 bits per heavy atom. The Hall–Kier alpha value is -2.82. The zero-order valence-corrected chi connectivity index (χ0v) is 18.0. The quantitative estimate of drug-likeness (QED) is 0.667. The number of amides is 1. The normalized spacial score (nSPS) is 12.7. The average Bonchev–Trinajstić information content (AvgIpc) is 3.16. The van der Waals surface area contributed by atoms with Crippen LogP contribution in [0.3, 0.4) is 0 Å². The van der Waals surface area contributed by atoms with Crippen LogP contribution in [0.5, 0.6) is 11.5 Å². The molecule has 0 aliphatic carbocycles. The van der Waals surface area contributed by atoms with Crippen molar-refractivity contribution >= 4 is 39.2 Å². The second kappa shape index (κ2) is 8.50. The molecule has 11 heteroatoms. The van der Waals surface area contributed by atoms with Gasteiger partial charge in [0.25, 0.3) is 5.91 Å². The number of carbonyl (C=O) groups is 2. The van der Waals surface area contributed by atoms with Gasteiger partial charge in [0, 0.05) is 19.8 Å². The van der Waals surface area contributed by atoms with Crippen LogP contribution in [-0.2, 0) is 19.6 Å². The van der Waals surface area contributed by atoms with E-state index in [-0.39, 0.29) is 28.0 Å². The molecule has 1 N–H and O–H groups in total. The molecular formula is C19H19ClN2O7S. The summed E-state index contributed by atoms with van der Waals surface area (Å²) in [6.07, 6.45) is 0. The Bertz CT molecular complexity index is 1120. The van der Waals surface area contributed by atoms with Crippen molar-refractivity contribution in [2.24, 2.45) is 0 Å². The van der Waals surface area contributed by atoms with Crippen molar-refractivity contribution in [3.8, 4) is 11.5 Å². The predicted octanol–water partition coefficient (Wildman–Crippen LogP) is 2.42. The maximum Gasteiger partial charge on any atom is 0.338 e. The number of anilines is 1. The molecule has 0 aromatic heterocycles. The van der Waals surface area contributed by atoms with E-state index in [1.165, 1.54) is 32.3 Å². The molecule has 1 heterocycles. The standard InChI is InChI=1S/C19H19ClN2O7S/c1-11-4-5-13(8-16(11)30(25,26)22(2)3)21-17(23)9-27-19(24)12-6-14(20)18-15(7-12)28-10-29-18/h4-8H,9-10H2,1-3H3,(H,21,23). The Kier molecular flexibility index (Phi) is 6.20. The molecule has 0 radical (unpaired) electrons. The maximum atomic E-state index is 12.4. The molecule has 0 unspecified atom stereocenters. The third kappa shape index (κ3) is 4.50. The number of halogens is 1. The van der Waals surface area contributed by atoms with E-state index in [1.54, 1.807) is 19.1 Å². The molecule has 0 spiro atoms. The highest BCUT2D eigenvalue weighted by atomic mass is 35.5. The molecule has 0 fully saturated rings. The van der Waals surface area contributed by atoms with Gasteiger partial charge >= 0.3 is 5.97 Å². The van der Waals surface area contributed by atoms with Crippen molar-refractivity contribution < 1.29 is 32.2 Å². The number of aryl methyl sites for hydroxylation is 1. The van der Waals surface area contributed by atoms with Gasteiger partial charge < -0.3 is 19.5 Å². The lowest BCUT2D eigenvalue weighted by Crippen LogP contribution is -2.24. The number of fused-ring (bicyclic) bond motifs is 1. The van der Waals surface area contributed by atoms with Crippen LogP contribution in [0.1, 0.15) is 15.9 Å². The summed E-state index contributed by atoms with van der Waals surface area (Å²) in [6, 6.07) is 7.25. The summed E-state index contributed by atoms with van der Waals surface area (Å²) in [6.45, 7) is 1.08. The lowest BCUT2D eigenvalue weighted by molar-refractivity contribution is -0.119. The van der Waals surface area contributed by atoms with Gasteiger partial charge in [-0.3, -0.25) is 4.79 Å². The Balaban J connectivity index is 1.65. The number of sulfonamides is 1. The molecule has 0 saturated heterocycles. The summed E-state index contributed by atoms with van der Waals surface area (Å²) in [4.78, 5) is 24.4. The highest BCUT2D eigenvalue weighted by Crippen LogP contribution is 2.39. The third-order valence-corrected chi connectivity index (χ3v) is 6.47. The highest BCUT2D eigenvalue weighted by Gasteiger charge is 2.23. The molecule has 1 amide bonds. The van der Waals surface area contributed by atoms with Crippen molar-refractivity contribution in [3.05, 3.63) is 46.5 Å². The summed E-state index contributed by atoms with van der Waals surface area (Å²) >= 11 is 6.03. The summed E-state index contributed by atoms with van der Waals surface area (Å²) < 4.78 is 41.2. The zero-order valence-electron chi connectivity index (χ0n) is 16.4. The van der Waals surface area contributed by atoms with Gasteiger partial charge in [-0.15, -0.1) is 0 Å². The first-order chi connectivity index (χ1) is 14.1. The number of carbonyl (C=O) groups excluding carboxylic acids is 2. The zero-order chi connectivity index (χ0) is 22.1. The summed E-state index contributed by atoms with van der Waals surface area (Å²) in [7, 11) is -0.838. The van der Waals surface area contributed by atoms with Gasteiger partial charge in [0.05, 0.1) is 15.5 Å². The van der Waals surface area contributed by atoms with Crippen LogP contribution in [-0.4, -0.2) is 52.1 Å². The van der Waals surface area contributed by atoms with Crippen LogP contribution in [0.4, 0.5) is 5.69 Å². The fraction of sp³-hybridized carbons (Fsp3) is 0.263. The molecular weight excluding hydrogens is 436 g/mol. The molecule has 1 aliphatic heterocycles. The minimum Gasteiger partial charge on any atom is -0.454 e. The Morgan fingerprint density at radius 2 is 1.93 bits per heavy atom. The summed E-state index contributed by atoms with van der Waals surface area (Å²) in [5.41, 5.74) is 0.896. The van der Waals surface area contributed by atoms with Gasteiger partial charge in [-0.1, -0.05) is 17.7 Å². The van der Waals surface area contributed by atoms with Gasteiger partial charge in [-0.2, -0.15) is 0 Å². The van der Waals surface area contributed by atoms with Crippen LogP contribution in [0.15, 0.2) is 35.2 Å². The van der Waals surface area contributed by atoms with E-state index in [2.05, 4.69) is 5.32 Å². The largest absolute Gasteiger partial charge is 0.454 e. The fourth-order valence-corrected chi connectivity index (χ4v) is 4.06. The molecule has 0 atom stereocenters. The molecule has 3 rings (SSSR count). The first-order valence-corrected chi connectivity index (χ1v) is 10.5. The second-order valence-electron chi connectivity index (χ2n) is 6.58. The van der Waals surface area contributed by atoms with E-state index in [4.69, 9.17) is 25.8 Å². The first-order valence-electron chi connectivity index (χ1n) is 8.69. The average molecular weight is 455 g/mol. The molecule has 2 aromatic carbocycles. The van der Waals surface area contributed by atoms with E-state index in [1.807, 2.05) is 0 Å². The molecule has 0 bridgehead atoms. The minimum absolute atomic E-state index is 0.00194. The topological polar surface area (TPSA) is 111 Å². The summed E-state index contributed by atoms with van der Waals surface area (Å²) in [5.74, 6) is -0.751. The monoisotopic (exact) mass is 454 g/mol. The van der Waals surface area contributed by atoms with Gasteiger partial charge in [-0.05, 0) is 36.8 Å². The van der Waals surface area contributed by atoms with E-state index >= 15 is 0 Å². The van der Waals surface area contributed by atoms with Gasteiger partial charge in [0.1, 0.15) is 0 Å². The van der Waals surface area contributed by atoms with Crippen LogP contribution in [0, 0.1) is 6.92 Å². The van der Waals surface area contributed by atoms with Crippen LogP contribution in [0.2, 0.25) is 5.02 Å². The Labute approximate surface area is 178 Å². The van der Waals surface area contributed by atoms with E-state index in [0.717, 1.165) is 4.31 Å². The minimum atomic E-state index is -3.67. The Morgan fingerprint density at radius 1 is 1.20 bits per heavy atom. The number of esters is 1. The van der Waals surface area contributed by atoms with Crippen molar-refractivity contribution in [2.75, 3.05) is 32.8 Å². The van der Waals surface area contributed by atoms with Crippen LogP contribution in [0.25, 0.3) is 0 Å². The molecule has 2 aromatic rings. The lowest BCUT2D eigenvalue weighted by Gasteiger charge is -2.15. The van der Waals surface area contributed by atoms with Gasteiger partial charge in [0.15, 0.2) is 18.1 Å². The number of nitrogens with one attached hydrogen (secondary N) is 1. The van der Waals surface area contributed by atoms with Crippen molar-refractivity contribution in [2.45, 2.75) is 11.8 Å². The number of ether oxygens (including phenoxy) is 3. The van der Waals surface area contributed by atoms with E-state index < -0.39 is 28.5 Å². The molecule has 1 aliphatic rings. The van der Waals surface area contributed by atoms with E-state index in [9.17, 15) is 18.0 Å². The number of hydrogen-bond acceptors (Lipinski definition) is 7. The number of nitrogens with zero attached hydrogens (tertiary/aromatic N) is 1. The fourth-order valence-electron chi connectivity index (χ4n) is 2.65. The van der Waals surface area contributed by atoms with Crippen LogP contribution >= 0.6 is 11.6 Å². The van der Waals surface area contributed by atoms with Gasteiger partial charge in [-0.25, -0.2) is 17.5 Å². The molecule has 30 heavy (non-hydrogen) atoms. The highest BCUT2D eigenvalue weighted by molar-refractivity contribution is 7.89. The predicted molar refractivity (Wildman–Crippen MR) is 109 cm³/mol. The van der Waals surface area contributed by atoms with Crippen molar-refractivity contribution in [3.63, 3.8) is 0 Å². The molecule has 160 valence electrons. The van der Waals surface area contributed by atoms with Crippen molar-refractivity contribution in [1.82, 2.24) is 4.31 Å². The third-order valence-electron chi connectivity index (χ3n) is 4.23. The first kappa shape index (κ1) is 21.9. The summed E-state index contributed by atoms with van der Waals surface area (Å²) in [5, 5.41) is 2.70. The maximum absolute atomic E-state index is 12.4. The number of benzene rings is 2.